The largest absolute Gasteiger partial charge is 0.351 e. The van der Waals surface area contributed by atoms with Gasteiger partial charge in [0.1, 0.15) is 0 Å². The standard InChI is InChI=1S/C12H13Br2NOS2/c13-8-1-2-10(11(14)5-8)12(16)15-6-9-7-17-3-4-18-9/h1-2,5,9H,3-4,6-7H2,(H,15,16). The number of amides is 1. The predicted molar refractivity (Wildman–Crippen MR) is 87.7 cm³/mol. The molecule has 18 heavy (non-hydrogen) atoms. The first-order valence-corrected chi connectivity index (χ1v) is 9.38. The summed E-state index contributed by atoms with van der Waals surface area (Å²) in [6, 6.07) is 5.59. The van der Waals surface area contributed by atoms with E-state index in [2.05, 4.69) is 37.2 Å². The zero-order valence-electron chi connectivity index (χ0n) is 9.62. The van der Waals surface area contributed by atoms with Gasteiger partial charge in [-0.25, -0.2) is 0 Å². The van der Waals surface area contributed by atoms with E-state index in [1.807, 2.05) is 41.7 Å². The van der Waals surface area contributed by atoms with E-state index in [9.17, 15) is 4.79 Å². The van der Waals surface area contributed by atoms with E-state index in [1.165, 1.54) is 11.5 Å². The van der Waals surface area contributed by atoms with E-state index >= 15 is 0 Å². The molecule has 0 saturated carbocycles. The monoisotopic (exact) mass is 409 g/mol. The van der Waals surface area contributed by atoms with Crippen LogP contribution in [0.25, 0.3) is 0 Å². The Balaban J connectivity index is 1.90. The summed E-state index contributed by atoms with van der Waals surface area (Å²) in [5, 5.41) is 3.55. The van der Waals surface area contributed by atoms with Crippen molar-refractivity contribution in [3.8, 4) is 0 Å². The summed E-state index contributed by atoms with van der Waals surface area (Å²) in [6.45, 7) is 0.749. The van der Waals surface area contributed by atoms with Gasteiger partial charge >= 0.3 is 0 Å². The van der Waals surface area contributed by atoms with Crippen molar-refractivity contribution in [2.24, 2.45) is 0 Å². The van der Waals surface area contributed by atoms with Crippen molar-refractivity contribution < 1.29 is 4.79 Å². The maximum atomic E-state index is 12.0. The van der Waals surface area contributed by atoms with Gasteiger partial charge < -0.3 is 5.32 Å². The summed E-state index contributed by atoms with van der Waals surface area (Å²) in [4.78, 5) is 12.0. The van der Waals surface area contributed by atoms with Crippen LogP contribution >= 0.6 is 55.4 Å². The summed E-state index contributed by atoms with van der Waals surface area (Å²) in [7, 11) is 0. The maximum absolute atomic E-state index is 12.0. The lowest BCUT2D eigenvalue weighted by atomic mass is 10.2. The molecule has 0 radical (unpaired) electrons. The molecule has 1 N–H and O–H groups in total. The number of carbonyl (C=O) groups is 1. The SMILES string of the molecule is O=C(NCC1CSCCS1)c1ccc(Br)cc1Br. The van der Waals surface area contributed by atoms with Crippen molar-refractivity contribution in [3.05, 3.63) is 32.7 Å². The molecule has 1 amide bonds. The Bertz CT molecular complexity index is 436. The molecule has 98 valence electrons. The molecule has 1 fully saturated rings. The van der Waals surface area contributed by atoms with Crippen molar-refractivity contribution in [1.82, 2.24) is 5.32 Å². The topological polar surface area (TPSA) is 29.1 Å². The molecule has 1 aliphatic rings. The second-order valence-electron chi connectivity index (χ2n) is 3.90. The summed E-state index contributed by atoms with van der Waals surface area (Å²) in [6.07, 6.45) is 0. The molecule has 1 atom stereocenters. The number of hydrogen-bond acceptors (Lipinski definition) is 3. The Morgan fingerprint density at radius 3 is 2.89 bits per heavy atom. The molecule has 1 aromatic carbocycles. The molecular formula is C12H13Br2NOS2. The van der Waals surface area contributed by atoms with Gasteiger partial charge in [-0.15, -0.1) is 0 Å². The summed E-state index contributed by atoms with van der Waals surface area (Å²) < 4.78 is 1.78. The average Bonchev–Trinajstić information content (AvgIpc) is 2.37. The minimum Gasteiger partial charge on any atom is -0.351 e. The van der Waals surface area contributed by atoms with Crippen LogP contribution in [0.15, 0.2) is 27.1 Å². The number of carbonyl (C=O) groups excluding carboxylic acids is 1. The smallest absolute Gasteiger partial charge is 0.252 e. The Hall–Kier alpha value is 0.350. The lowest BCUT2D eigenvalue weighted by molar-refractivity contribution is 0.0953. The van der Waals surface area contributed by atoms with E-state index in [-0.39, 0.29) is 5.91 Å². The Morgan fingerprint density at radius 1 is 1.39 bits per heavy atom. The fourth-order valence-corrected chi connectivity index (χ4v) is 5.47. The fourth-order valence-electron chi connectivity index (χ4n) is 1.63. The first-order valence-electron chi connectivity index (χ1n) is 5.59. The van der Waals surface area contributed by atoms with E-state index in [1.54, 1.807) is 0 Å². The van der Waals surface area contributed by atoms with Crippen molar-refractivity contribution in [3.63, 3.8) is 0 Å². The fraction of sp³-hybridized carbons (Fsp3) is 0.417. The second-order valence-corrected chi connectivity index (χ2v) is 8.23. The molecule has 1 heterocycles. The van der Waals surface area contributed by atoms with E-state index < -0.39 is 0 Å². The molecule has 1 aliphatic heterocycles. The summed E-state index contributed by atoms with van der Waals surface area (Å²) in [5.41, 5.74) is 0.687. The van der Waals surface area contributed by atoms with Gasteiger partial charge in [0.2, 0.25) is 0 Å². The molecule has 0 bridgehead atoms. The van der Waals surface area contributed by atoms with Crippen LogP contribution in [0.4, 0.5) is 0 Å². The van der Waals surface area contributed by atoms with Gasteiger partial charge in [0.25, 0.3) is 5.91 Å². The molecule has 2 nitrogen and oxygen atoms in total. The molecule has 1 saturated heterocycles. The predicted octanol–water partition coefficient (Wildman–Crippen LogP) is 3.79. The molecule has 6 heteroatoms. The van der Waals surface area contributed by atoms with Crippen molar-refractivity contribution in [2.45, 2.75) is 5.25 Å². The molecule has 0 aliphatic carbocycles. The molecular weight excluding hydrogens is 398 g/mol. The molecule has 1 aromatic rings. The quantitative estimate of drug-likeness (QED) is 0.821. The first kappa shape index (κ1) is 14.8. The molecule has 2 rings (SSSR count). The Labute approximate surface area is 132 Å². The Morgan fingerprint density at radius 2 is 2.22 bits per heavy atom. The number of rotatable bonds is 3. The zero-order chi connectivity index (χ0) is 13.0. The van der Waals surface area contributed by atoms with Crippen LogP contribution in [0.5, 0.6) is 0 Å². The highest BCUT2D eigenvalue weighted by atomic mass is 79.9. The van der Waals surface area contributed by atoms with Crippen LogP contribution in [0.2, 0.25) is 0 Å². The molecule has 0 spiro atoms. The van der Waals surface area contributed by atoms with Gasteiger partial charge in [-0.05, 0) is 34.1 Å². The number of hydrogen-bond donors (Lipinski definition) is 1. The normalized spacial score (nSPS) is 19.6. The van der Waals surface area contributed by atoms with Crippen LogP contribution in [-0.2, 0) is 0 Å². The van der Waals surface area contributed by atoms with Gasteiger partial charge in [0.05, 0.1) is 5.56 Å². The van der Waals surface area contributed by atoms with Crippen molar-refractivity contribution in [1.29, 1.82) is 0 Å². The lowest BCUT2D eigenvalue weighted by Crippen LogP contribution is -2.33. The van der Waals surface area contributed by atoms with Crippen LogP contribution < -0.4 is 5.32 Å². The van der Waals surface area contributed by atoms with Gasteiger partial charge in [-0.1, -0.05) is 15.9 Å². The number of thioether (sulfide) groups is 2. The van der Waals surface area contributed by atoms with Crippen LogP contribution in [-0.4, -0.2) is 35.0 Å². The highest BCUT2D eigenvalue weighted by Crippen LogP contribution is 2.24. The third-order valence-corrected chi connectivity index (χ3v) is 6.55. The number of halogens is 2. The molecule has 0 aromatic heterocycles. The van der Waals surface area contributed by atoms with E-state index in [0.29, 0.717) is 10.8 Å². The van der Waals surface area contributed by atoms with Crippen molar-refractivity contribution >= 4 is 61.3 Å². The van der Waals surface area contributed by atoms with Crippen LogP contribution in [0, 0.1) is 0 Å². The summed E-state index contributed by atoms with van der Waals surface area (Å²) >= 11 is 10.7. The van der Waals surface area contributed by atoms with Crippen LogP contribution in [0.3, 0.4) is 0 Å². The minimum atomic E-state index is -0.00875. The van der Waals surface area contributed by atoms with Crippen LogP contribution in [0.1, 0.15) is 10.4 Å². The van der Waals surface area contributed by atoms with Gasteiger partial charge in [0, 0.05) is 38.0 Å². The van der Waals surface area contributed by atoms with Crippen molar-refractivity contribution in [2.75, 3.05) is 23.8 Å². The first-order chi connectivity index (χ1) is 8.66. The highest BCUT2D eigenvalue weighted by Gasteiger charge is 2.16. The number of benzene rings is 1. The Kier molecular flexibility index (Phi) is 5.92. The minimum absolute atomic E-state index is 0.00875. The van der Waals surface area contributed by atoms with Gasteiger partial charge in [-0.3, -0.25) is 4.79 Å². The van der Waals surface area contributed by atoms with E-state index in [0.717, 1.165) is 21.2 Å². The lowest BCUT2D eigenvalue weighted by Gasteiger charge is -2.21. The molecule has 1 unspecified atom stereocenters. The highest BCUT2D eigenvalue weighted by molar-refractivity contribution is 9.11. The third kappa shape index (κ3) is 4.18. The van der Waals surface area contributed by atoms with Gasteiger partial charge in [-0.2, -0.15) is 23.5 Å². The van der Waals surface area contributed by atoms with Gasteiger partial charge in [0.15, 0.2) is 0 Å². The number of nitrogens with one attached hydrogen (secondary N) is 1. The second kappa shape index (κ2) is 7.22. The zero-order valence-corrected chi connectivity index (χ0v) is 14.4. The average molecular weight is 411 g/mol. The maximum Gasteiger partial charge on any atom is 0.252 e. The summed E-state index contributed by atoms with van der Waals surface area (Å²) in [5.74, 6) is 3.54. The third-order valence-electron chi connectivity index (χ3n) is 2.55. The van der Waals surface area contributed by atoms with E-state index in [4.69, 9.17) is 0 Å².